The Balaban J connectivity index is 2.64. The van der Waals surface area contributed by atoms with E-state index in [0.717, 1.165) is 0 Å². The van der Waals surface area contributed by atoms with Crippen LogP contribution in [0.3, 0.4) is 0 Å². The molecule has 2 aromatic rings. The van der Waals surface area contributed by atoms with Crippen molar-refractivity contribution < 1.29 is 9.90 Å². The molecule has 1 N–H and O–H groups in total. The first-order valence-corrected chi connectivity index (χ1v) is 3.90. The highest BCUT2D eigenvalue weighted by Crippen LogP contribution is 2.13. The summed E-state index contributed by atoms with van der Waals surface area (Å²) >= 11 is 0. The molecule has 0 spiro atoms. The van der Waals surface area contributed by atoms with Crippen molar-refractivity contribution in [2.45, 2.75) is 0 Å². The van der Waals surface area contributed by atoms with Crippen molar-refractivity contribution in [1.82, 2.24) is 14.4 Å². The molecular weight excluding hydrogens is 182 g/mol. The molecule has 0 radical (unpaired) electrons. The van der Waals surface area contributed by atoms with E-state index in [1.54, 1.807) is 23.0 Å². The van der Waals surface area contributed by atoms with Crippen LogP contribution in [-0.2, 0) is 4.79 Å². The van der Waals surface area contributed by atoms with Crippen LogP contribution in [0.5, 0.6) is 0 Å². The second-order valence-corrected chi connectivity index (χ2v) is 2.73. The Morgan fingerprint density at radius 1 is 1.50 bits per heavy atom. The van der Waals surface area contributed by atoms with E-state index in [1.165, 1.54) is 6.20 Å². The van der Waals surface area contributed by atoms with E-state index in [1.807, 2.05) is 0 Å². The van der Waals surface area contributed by atoms with Gasteiger partial charge in [-0.3, -0.25) is 9.38 Å². The molecule has 0 aliphatic carbocycles. The lowest BCUT2D eigenvalue weighted by atomic mass is 10.2. The van der Waals surface area contributed by atoms with Gasteiger partial charge in [-0.1, -0.05) is 6.58 Å². The summed E-state index contributed by atoms with van der Waals surface area (Å²) in [7, 11) is 0. The Labute approximate surface area is 79.3 Å². The summed E-state index contributed by atoms with van der Waals surface area (Å²) in [6, 6.07) is 0. The zero-order valence-corrected chi connectivity index (χ0v) is 7.21. The van der Waals surface area contributed by atoms with Gasteiger partial charge < -0.3 is 5.11 Å². The fourth-order valence-corrected chi connectivity index (χ4v) is 1.18. The van der Waals surface area contributed by atoms with Gasteiger partial charge in [0.15, 0.2) is 5.65 Å². The van der Waals surface area contributed by atoms with Gasteiger partial charge in [-0.2, -0.15) is 0 Å². The Bertz CT molecular complexity index is 516. The fraction of sp³-hybridized carbons (Fsp3) is 0. The maximum Gasteiger partial charge on any atom is 0.337 e. The highest BCUT2D eigenvalue weighted by molar-refractivity contribution is 6.13. The lowest BCUT2D eigenvalue weighted by molar-refractivity contribution is -0.130. The summed E-state index contributed by atoms with van der Waals surface area (Å²) in [4.78, 5) is 18.6. The van der Waals surface area contributed by atoms with Crippen LogP contribution >= 0.6 is 0 Å². The third-order valence-electron chi connectivity index (χ3n) is 1.88. The number of carboxylic acid groups (broad SMARTS) is 1. The summed E-state index contributed by atoms with van der Waals surface area (Å²) in [5, 5.41) is 8.76. The van der Waals surface area contributed by atoms with Crippen LogP contribution in [0, 0.1) is 0 Å². The molecule has 0 aliphatic heterocycles. The molecule has 0 aliphatic rings. The predicted molar refractivity (Wildman–Crippen MR) is 49.7 cm³/mol. The van der Waals surface area contributed by atoms with Crippen LogP contribution in [0.15, 0.2) is 31.4 Å². The molecule has 0 aromatic carbocycles. The van der Waals surface area contributed by atoms with Crippen LogP contribution in [0.1, 0.15) is 5.69 Å². The topological polar surface area (TPSA) is 67.5 Å². The number of hydrogen-bond acceptors (Lipinski definition) is 3. The lowest BCUT2D eigenvalue weighted by Gasteiger charge is -1.99. The van der Waals surface area contributed by atoms with E-state index in [-0.39, 0.29) is 5.57 Å². The third kappa shape index (κ3) is 1.15. The molecule has 0 unspecified atom stereocenters. The zero-order valence-electron chi connectivity index (χ0n) is 7.21. The molecule has 0 saturated heterocycles. The summed E-state index contributed by atoms with van der Waals surface area (Å²) in [5.41, 5.74) is 1.09. The number of imidazole rings is 1. The molecule has 0 fully saturated rings. The first-order valence-electron chi connectivity index (χ1n) is 3.90. The number of hydrogen-bond donors (Lipinski definition) is 1. The minimum Gasteiger partial charge on any atom is -0.478 e. The number of aromatic nitrogens is 3. The summed E-state index contributed by atoms with van der Waals surface area (Å²) in [6.45, 7) is 3.47. The summed E-state index contributed by atoms with van der Waals surface area (Å²) in [5.74, 6) is -1.05. The molecule has 0 amide bonds. The van der Waals surface area contributed by atoms with Crippen LogP contribution in [-0.4, -0.2) is 25.4 Å². The van der Waals surface area contributed by atoms with Gasteiger partial charge in [-0.15, -0.1) is 0 Å². The molecule has 0 atom stereocenters. The normalized spacial score (nSPS) is 10.3. The molecule has 2 aromatic heterocycles. The van der Waals surface area contributed by atoms with Crippen LogP contribution in [0.2, 0.25) is 0 Å². The van der Waals surface area contributed by atoms with Crippen molar-refractivity contribution in [3.05, 3.63) is 37.1 Å². The Morgan fingerprint density at radius 3 is 3.00 bits per heavy atom. The minimum atomic E-state index is -1.05. The van der Waals surface area contributed by atoms with E-state index < -0.39 is 5.97 Å². The summed E-state index contributed by atoms with van der Waals surface area (Å²) in [6.07, 6.45) is 6.23. The molecular formula is C9H7N3O2. The van der Waals surface area contributed by atoms with E-state index in [2.05, 4.69) is 16.5 Å². The number of rotatable bonds is 2. The molecule has 0 bridgehead atoms. The second kappa shape index (κ2) is 2.95. The van der Waals surface area contributed by atoms with E-state index in [4.69, 9.17) is 5.11 Å². The number of carbonyl (C=O) groups is 1. The third-order valence-corrected chi connectivity index (χ3v) is 1.88. The van der Waals surface area contributed by atoms with Gasteiger partial charge in [-0.25, -0.2) is 9.78 Å². The van der Waals surface area contributed by atoms with Crippen LogP contribution < -0.4 is 0 Å². The van der Waals surface area contributed by atoms with Crippen molar-refractivity contribution >= 4 is 17.2 Å². The Hall–Kier alpha value is -2.17. The van der Waals surface area contributed by atoms with Crippen molar-refractivity contribution in [3.8, 4) is 0 Å². The van der Waals surface area contributed by atoms with Gasteiger partial charge in [0.2, 0.25) is 0 Å². The van der Waals surface area contributed by atoms with Gasteiger partial charge in [0.25, 0.3) is 0 Å². The molecule has 2 rings (SSSR count). The zero-order chi connectivity index (χ0) is 10.1. The molecule has 0 saturated carbocycles. The quantitative estimate of drug-likeness (QED) is 0.710. The maximum atomic E-state index is 10.7. The molecule has 70 valence electrons. The Kier molecular flexibility index (Phi) is 1.78. The molecule has 14 heavy (non-hydrogen) atoms. The van der Waals surface area contributed by atoms with E-state index >= 15 is 0 Å². The number of nitrogens with zero attached hydrogens (tertiary/aromatic N) is 3. The maximum absolute atomic E-state index is 10.7. The standard InChI is InChI=1S/C9H7N3O2/c1-6(9(13)14)7-4-11-8-5-10-2-3-12(7)8/h2-5H,1H2,(H,13,14). The SMILES string of the molecule is C=C(C(=O)O)c1cnc2cnccn12. The number of aliphatic carboxylic acids is 1. The molecule has 5 heteroatoms. The van der Waals surface area contributed by atoms with Crippen LogP contribution in [0.25, 0.3) is 11.2 Å². The first kappa shape index (κ1) is 8.43. The van der Waals surface area contributed by atoms with Gasteiger partial charge in [0.05, 0.1) is 23.7 Å². The van der Waals surface area contributed by atoms with Crippen LogP contribution in [0.4, 0.5) is 0 Å². The highest BCUT2D eigenvalue weighted by atomic mass is 16.4. The molecule has 5 nitrogen and oxygen atoms in total. The van der Waals surface area contributed by atoms with E-state index in [0.29, 0.717) is 11.3 Å². The van der Waals surface area contributed by atoms with Gasteiger partial charge in [-0.05, 0) is 0 Å². The predicted octanol–water partition coefficient (Wildman–Crippen LogP) is 0.827. The minimum absolute atomic E-state index is 0.0173. The second-order valence-electron chi connectivity index (χ2n) is 2.73. The van der Waals surface area contributed by atoms with Gasteiger partial charge in [0.1, 0.15) is 0 Å². The van der Waals surface area contributed by atoms with Crippen molar-refractivity contribution in [2.75, 3.05) is 0 Å². The average molecular weight is 189 g/mol. The first-order chi connectivity index (χ1) is 6.70. The van der Waals surface area contributed by atoms with Crippen molar-refractivity contribution in [2.24, 2.45) is 0 Å². The fourth-order valence-electron chi connectivity index (χ4n) is 1.18. The lowest BCUT2D eigenvalue weighted by Crippen LogP contribution is -2.01. The number of fused-ring (bicyclic) bond motifs is 1. The number of carboxylic acids is 1. The van der Waals surface area contributed by atoms with Gasteiger partial charge >= 0.3 is 5.97 Å². The monoisotopic (exact) mass is 189 g/mol. The highest BCUT2D eigenvalue weighted by Gasteiger charge is 2.11. The van der Waals surface area contributed by atoms with Gasteiger partial charge in [0, 0.05) is 12.4 Å². The largest absolute Gasteiger partial charge is 0.478 e. The average Bonchev–Trinajstić information content (AvgIpc) is 2.60. The summed E-state index contributed by atoms with van der Waals surface area (Å²) < 4.78 is 1.63. The Morgan fingerprint density at radius 2 is 2.29 bits per heavy atom. The van der Waals surface area contributed by atoms with Crippen molar-refractivity contribution in [1.29, 1.82) is 0 Å². The molecule has 2 heterocycles. The smallest absolute Gasteiger partial charge is 0.337 e. The van der Waals surface area contributed by atoms with Crippen molar-refractivity contribution in [3.63, 3.8) is 0 Å². The van der Waals surface area contributed by atoms with E-state index in [9.17, 15) is 4.79 Å².